The number of hydrogen-bond acceptors (Lipinski definition) is 5. The topological polar surface area (TPSA) is 45.4 Å². The van der Waals surface area contributed by atoms with E-state index in [-0.39, 0.29) is 0 Å². The zero-order chi connectivity index (χ0) is 12.7. The fraction of sp³-hybridized carbons (Fsp3) is 0.769. The SMILES string of the molecule is CC(C)c1nc(C2CN3CCN2CC3)sc1CN. The highest BCUT2D eigenvalue weighted by Crippen LogP contribution is 2.34. The van der Waals surface area contributed by atoms with Gasteiger partial charge in [-0.3, -0.25) is 9.80 Å². The van der Waals surface area contributed by atoms with Gasteiger partial charge in [0.1, 0.15) is 5.01 Å². The summed E-state index contributed by atoms with van der Waals surface area (Å²) in [7, 11) is 0. The van der Waals surface area contributed by atoms with Gasteiger partial charge >= 0.3 is 0 Å². The van der Waals surface area contributed by atoms with Gasteiger partial charge in [0.05, 0.1) is 11.7 Å². The van der Waals surface area contributed by atoms with Gasteiger partial charge < -0.3 is 5.73 Å². The quantitative estimate of drug-likeness (QED) is 0.898. The van der Waals surface area contributed by atoms with Crippen LogP contribution in [0.3, 0.4) is 0 Å². The molecule has 5 heteroatoms. The molecule has 3 aliphatic rings. The number of thiazole rings is 1. The van der Waals surface area contributed by atoms with Crippen molar-refractivity contribution in [3.05, 3.63) is 15.6 Å². The van der Waals surface area contributed by atoms with E-state index in [0.29, 0.717) is 18.5 Å². The number of hydrogen-bond donors (Lipinski definition) is 1. The number of nitrogens with two attached hydrogens (primary N) is 1. The van der Waals surface area contributed by atoms with E-state index in [0.717, 1.165) is 6.54 Å². The standard InChI is InChI=1S/C13H22N4S/c1-9(2)12-11(7-14)18-13(15-12)10-8-16-3-5-17(10)6-4-16/h9-10H,3-8,14H2,1-2H3. The van der Waals surface area contributed by atoms with Crippen LogP contribution in [0.15, 0.2) is 0 Å². The summed E-state index contributed by atoms with van der Waals surface area (Å²) in [6.07, 6.45) is 0. The summed E-state index contributed by atoms with van der Waals surface area (Å²) in [5, 5.41) is 1.28. The van der Waals surface area contributed by atoms with Crippen molar-refractivity contribution in [2.75, 3.05) is 32.7 Å². The molecular weight excluding hydrogens is 244 g/mol. The van der Waals surface area contributed by atoms with Gasteiger partial charge in [0, 0.05) is 44.1 Å². The highest BCUT2D eigenvalue weighted by Gasteiger charge is 2.35. The first-order valence-corrected chi connectivity index (χ1v) is 7.66. The second-order valence-corrected chi connectivity index (χ2v) is 6.69. The monoisotopic (exact) mass is 266 g/mol. The lowest BCUT2D eigenvalue weighted by Gasteiger charge is -2.46. The van der Waals surface area contributed by atoms with Crippen molar-refractivity contribution in [3.8, 4) is 0 Å². The molecule has 0 aliphatic carbocycles. The third-order valence-corrected chi connectivity index (χ3v) is 5.23. The van der Waals surface area contributed by atoms with E-state index in [4.69, 9.17) is 10.7 Å². The van der Waals surface area contributed by atoms with E-state index >= 15 is 0 Å². The summed E-state index contributed by atoms with van der Waals surface area (Å²) in [5.74, 6) is 0.477. The molecule has 3 aliphatic heterocycles. The molecule has 4 nitrogen and oxygen atoms in total. The second-order valence-electron chi connectivity index (χ2n) is 5.57. The van der Waals surface area contributed by atoms with E-state index in [2.05, 4.69) is 23.6 Å². The molecule has 0 saturated carbocycles. The lowest BCUT2D eigenvalue weighted by molar-refractivity contribution is 0.0122. The highest BCUT2D eigenvalue weighted by molar-refractivity contribution is 7.11. The molecule has 1 unspecified atom stereocenters. The van der Waals surface area contributed by atoms with Gasteiger partial charge in [-0.2, -0.15) is 0 Å². The molecule has 1 aromatic rings. The van der Waals surface area contributed by atoms with Crippen LogP contribution in [-0.2, 0) is 6.54 Å². The van der Waals surface area contributed by atoms with Gasteiger partial charge in [-0.15, -0.1) is 11.3 Å². The third kappa shape index (κ3) is 2.09. The van der Waals surface area contributed by atoms with Crippen LogP contribution in [0.25, 0.3) is 0 Å². The summed E-state index contributed by atoms with van der Waals surface area (Å²) >= 11 is 1.83. The second kappa shape index (κ2) is 4.89. The molecular formula is C13H22N4S. The number of piperazine rings is 3. The number of nitrogens with zero attached hydrogens (tertiary/aromatic N) is 3. The molecule has 4 heterocycles. The summed E-state index contributed by atoms with van der Waals surface area (Å²) < 4.78 is 0. The number of aromatic nitrogens is 1. The summed E-state index contributed by atoms with van der Waals surface area (Å²) in [6, 6.07) is 0.510. The Morgan fingerprint density at radius 2 is 2.06 bits per heavy atom. The normalized spacial score (nSPS) is 31.2. The molecule has 100 valence electrons. The maximum absolute atomic E-state index is 5.85. The van der Waals surface area contributed by atoms with Crippen LogP contribution in [0.4, 0.5) is 0 Å². The smallest absolute Gasteiger partial charge is 0.112 e. The van der Waals surface area contributed by atoms with Crippen LogP contribution in [0.5, 0.6) is 0 Å². The minimum absolute atomic E-state index is 0.477. The number of rotatable bonds is 3. The van der Waals surface area contributed by atoms with Crippen molar-refractivity contribution >= 4 is 11.3 Å². The van der Waals surface area contributed by atoms with Crippen molar-refractivity contribution in [1.82, 2.24) is 14.8 Å². The molecule has 0 amide bonds. The molecule has 3 saturated heterocycles. The first-order valence-electron chi connectivity index (χ1n) is 6.85. The Bertz CT molecular complexity index is 421. The first kappa shape index (κ1) is 12.5. The molecule has 2 bridgehead atoms. The fourth-order valence-electron chi connectivity index (χ4n) is 2.97. The molecule has 0 aromatic carbocycles. The van der Waals surface area contributed by atoms with Gasteiger partial charge in [-0.25, -0.2) is 4.98 Å². The molecule has 3 fully saturated rings. The Balaban J connectivity index is 1.88. The lowest BCUT2D eigenvalue weighted by atomic mass is 10.1. The Morgan fingerprint density at radius 3 is 2.50 bits per heavy atom. The predicted octanol–water partition coefficient (Wildman–Crippen LogP) is 1.40. The molecule has 18 heavy (non-hydrogen) atoms. The zero-order valence-electron chi connectivity index (χ0n) is 11.2. The van der Waals surface area contributed by atoms with E-state index in [1.165, 1.54) is 41.8 Å². The van der Waals surface area contributed by atoms with Crippen LogP contribution in [0.1, 0.15) is 41.4 Å². The fourth-order valence-corrected chi connectivity index (χ4v) is 4.20. The maximum atomic E-state index is 5.85. The molecule has 1 aromatic heterocycles. The third-order valence-electron chi connectivity index (χ3n) is 4.04. The molecule has 2 N–H and O–H groups in total. The van der Waals surface area contributed by atoms with Gasteiger partial charge in [0.15, 0.2) is 0 Å². The Labute approximate surface area is 113 Å². The van der Waals surface area contributed by atoms with Crippen LogP contribution < -0.4 is 5.73 Å². The average Bonchev–Trinajstić information content (AvgIpc) is 2.84. The minimum atomic E-state index is 0.477. The van der Waals surface area contributed by atoms with Crippen molar-refractivity contribution in [1.29, 1.82) is 0 Å². The number of fused-ring (bicyclic) bond motifs is 3. The van der Waals surface area contributed by atoms with Gasteiger partial charge in [0.2, 0.25) is 0 Å². The van der Waals surface area contributed by atoms with E-state index in [1.54, 1.807) is 0 Å². The summed E-state index contributed by atoms with van der Waals surface area (Å²) in [4.78, 5) is 11.3. The minimum Gasteiger partial charge on any atom is -0.326 e. The van der Waals surface area contributed by atoms with Crippen LogP contribution >= 0.6 is 11.3 Å². The molecule has 0 spiro atoms. The van der Waals surface area contributed by atoms with Crippen LogP contribution in [-0.4, -0.2) is 47.5 Å². The van der Waals surface area contributed by atoms with Gasteiger partial charge in [-0.1, -0.05) is 13.8 Å². The summed E-state index contributed by atoms with van der Waals surface area (Å²) in [6.45, 7) is 11.0. The Morgan fingerprint density at radius 1 is 1.33 bits per heavy atom. The van der Waals surface area contributed by atoms with E-state index in [9.17, 15) is 0 Å². The first-order chi connectivity index (χ1) is 8.69. The van der Waals surface area contributed by atoms with Crippen molar-refractivity contribution in [3.63, 3.8) is 0 Å². The maximum Gasteiger partial charge on any atom is 0.112 e. The average molecular weight is 266 g/mol. The molecule has 1 atom stereocenters. The zero-order valence-corrected chi connectivity index (χ0v) is 12.0. The highest BCUT2D eigenvalue weighted by atomic mass is 32.1. The largest absolute Gasteiger partial charge is 0.326 e. The van der Waals surface area contributed by atoms with Gasteiger partial charge in [0.25, 0.3) is 0 Å². The lowest BCUT2D eigenvalue weighted by Crippen LogP contribution is -2.56. The Kier molecular flexibility index (Phi) is 3.40. The van der Waals surface area contributed by atoms with Crippen LogP contribution in [0.2, 0.25) is 0 Å². The predicted molar refractivity (Wildman–Crippen MR) is 74.8 cm³/mol. The van der Waals surface area contributed by atoms with Crippen LogP contribution in [0, 0.1) is 0 Å². The van der Waals surface area contributed by atoms with Gasteiger partial charge in [-0.05, 0) is 5.92 Å². The summed E-state index contributed by atoms with van der Waals surface area (Å²) in [5.41, 5.74) is 7.07. The Hall–Kier alpha value is -0.490. The van der Waals surface area contributed by atoms with Crippen molar-refractivity contribution < 1.29 is 0 Å². The van der Waals surface area contributed by atoms with E-state index in [1.807, 2.05) is 11.3 Å². The molecule has 0 radical (unpaired) electrons. The molecule has 4 rings (SSSR count). The van der Waals surface area contributed by atoms with E-state index < -0.39 is 0 Å². The van der Waals surface area contributed by atoms with Crippen molar-refractivity contribution in [2.45, 2.75) is 32.4 Å². The van der Waals surface area contributed by atoms with Crippen molar-refractivity contribution in [2.24, 2.45) is 5.73 Å².